The van der Waals surface area contributed by atoms with Gasteiger partial charge in [0.25, 0.3) is 0 Å². The van der Waals surface area contributed by atoms with Gasteiger partial charge in [-0.3, -0.25) is 9.59 Å². The largest absolute Gasteiger partial charge is 0.289 e. The third-order valence-corrected chi connectivity index (χ3v) is 5.26. The minimum absolute atomic E-state index is 0.0108. The lowest BCUT2D eigenvalue weighted by molar-refractivity contribution is 0.0990. The Kier molecular flexibility index (Phi) is 2.97. The molecule has 0 spiro atoms. The molecule has 0 radical (unpaired) electrons. The van der Waals surface area contributed by atoms with Gasteiger partial charge in [0.15, 0.2) is 5.78 Å². The van der Waals surface area contributed by atoms with E-state index >= 15 is 0 Å². The van der Waals surface area contributed by atoms with E-state index < -0.39 is 0 Å². The number of carbonyl (C=O) groups excluding carboxylic acids is 2. The Morgan fingerprint density at radius 1 is 0.905 bits per heavy atom. The van der Waals surface area contributed by atoms with Crippen LogP contribution in [0.1, 0.15) is 72.4 Å². The Morgan fingerprint density at radius 2 is 1.38 bits per heavy atom. The first kappa shape index (κ1) is 14.5. The average molecular weight is 303 g/mol. The van der Waals surface area contributed by atoms with Crippen molar-refractivity contribution in [2.24, 2.45) is 0 Å². The van der Waals surface area contributed by atoms with Crippen LogP contribution in [0.3, 0.4) is 0 Å². The molecule has 3 heteroatoms. The molecule has 0 saturated carbocycles. The van der Waals surface area contributed by atoms with Crippen LogP contribution < -0.4 is 0 Å². The molecule has 21 heavy (non-hydrogen) atoms. The molecular formula is C18H19ClO2. The van der Waals surface area contributed by atoms with E-state index in [0.717, 1.165) is 12.8 Å². The van der Waals surface area contributed by atoms with Crippen molar-refractivity contribution in [3.8, 4) is 0 Å². The minimum atomic E-state index is -0.242. The van der Waals surface area contributed by atoms with E-state index in [-0.39, 0.29) is 27.4 Å². The topological polar surface area (TPSA) is 34.1 Å². The van der Waals surface area contributed by atoms with Crippen molar-refractivity contribution < 1.29 is 9.59 Å². The van der Waals surface area contributed by atoms with E-state index in [4.69, 9.17) is 11.6 Å². The fourth-order valence-electron chi connectivity index (χ4n) is 3.39. The van der Waals surface area contributed by atoms with Gasteiger partial charge in [0.2, 0.25) is 5.78 Å². The summed E-state index contributed by atoms with van der Waals surface area (Å²) in [5.74, 6) is -0.412. The number of carbonyl (C=O) groups is 2. The first-order chi connectivity index (χ1) is 9.63. The average Bonchev–Trinajstić information content (AvgIpc) is 2.40. The van der Waals surface area contributed by atoms with Gasteiger partial charge in [-0.15, -0.1) is 0 Å². The summed E-state index contributed by atoms with van der Waals surface area (Å²) in [7, 11) is 0. The Hall–Kier alpha value is -1.41. The third-order valence-electron chi connectivity index (χ3n) is 4.98. The first-order valence-corrected chi connectivity index (χ1v) is 7.66. The molecule has 2 aliphatic carbocycles. The van der Waals surface area contributed by atoms with Crippen LogP contribution in [0, 0.1) is 0 Å². The maximum absolute atomic E-state index is 12.3. The molecule has 0 atom stereocenters. The van der Waals surface area contributed by atoms with E-state index in [0.29, 0.717) is 11.1 Å². The van der Waals surface area contributed by atoms with Gasteiger partial charge in [-0.05, 0) is 46.9 Å². The summed E-state index contributed by atoms with van der Waals surface area (Å²) in [6, 6.07) is 3.83. The van der Waals surface area contributed by atoms with Crippen LogP contribution in [0.5, 0.6) is 0 Å². The van der Waals surface area contributed by atoms with Crippen molar-refractivity contribution in [2.45, 2.75) is 51.4 Å². The van der Waals surface area contributed by atoms with Crippen molar-refractivity contribution in [1.82, 2.24) is 0 Å². The predicted octanol–water partition coefficient (Wildman–Crippen LogP) is 4.54. The Balaban J connectivity index is 2.32. The quantitative estimate of drug-likeness (QED) is 0.705. The maximum Gasteiger partial charge on any atom is 0.205 e. The lowest BCUT2D eigenvalue weighted by Gasteiger charge is -2.42. The van der Waals surface area contributed by atoms with Crippen LogP contribution >= 0.6 is 11.6 Å². The summed E-state index contributed by atoms with van der Waals surface area (Å²) < 4.78 is 0. The number of Topliss-reactive ketones (excluding diaryl/α,β-unsaturated/α-hetero) is 1. The summed E-state index contributed by atoms with van der Waals surface area (Å²) in [6.07, 6.45) is 3.38. The fraction of sp³-hybridized carbons (Fsp3) is 0.444. The fourth-order valence-corrected chi connectivity index (χ4v) is 3.59. The van der Waals surface area contributed by atoms with Crippen molar-refractivity contribution in [3.05, 3.63) is 45.5 Å². The van der Waals surface area contributed by atoms with E-state index in [2.05, 4.69) is 27.7 Å². The molecule has 1 aromatic carbocycles. The molecule has 2 nitrogen and oxygen atoms in total. The molecule has 0 saturated heterocycles. The van der Waals surface area contributed by atoms with Crippen LogP contribution in [-0.4, -0.2) is 11.6 Å². The third kappa shape index (κ3) is 2.08. The Bertz CT molecular complexity index is 708. The normalized spacial score (nSPS) is 22.4. The zero-order valence-electron chi connectivity index (χ0n) is 12.8. The van der Waals surface area contributed by atoms with Gasteiger partial charge >= 0.3 is 0 Å². The SMILES string of the molecule is CC1(C)CCC(C)(C)c2cc3c(cc21)C(=O)C=C(Cl)C3=O. The summed E-state index contributed by atoms with van der Waals surface area (Å²) in [5.41, 5.74) is 3.34. The number of halogens is 1. The lowest BCUT2D eigenvalue weighted by Crippen LogP contribution is -2.35. The molecular weight excluding hydrogens is 284 g/mol. The molecule has 1 aromatic rings. The maximum atomic E-state index is 12.3. The molecule has 110 valence electrons. The van der Waals surface area contributed by atoms with Gasteiger partial charge in [-0.25, -0.2) is 0 Å². The number of hydrogen-bond donors (Lipinski definition) is 0. The van der Waals surface area contributed by atoms with E-state index in [1.165, 1.54) is 17.2 Å². The monoisotopic (exact) mass is 302 g/mol. The van der Waals surface area contributed by atoms with Gasteiger partial charge in [-0.2, -0.15) is 0 Å². The first-order valence-electron chi connectivity index (χ1n) is 7.29. The number of hydrogen-bond acceptors (Lipinski definition) is 2. The molecule has 0 bridgehead atoms. The number of fused-ring (bicyclic) bond motifs is 2. The molecule has 0 heterocycles. The van der Waals surface area contributed by atoms with Crippen LogP contribution in [0.2, 0.25) is 0 Å². The van der Waals surface area contributed by atoms with Crippen LogP contribution in [0.25, 0.3) is 0 Å². The number of benzene rings is 1. The highest BCUT2D eigenvalue weighted by Crippen LogP contribution is 2.47. The molecule has 0 unspecified atom stereocenters. The lowest BCUT2D eigenvalue weighted by atomic mass is 9.62. The Morgan fingerprint density at radius 3 is 1.90 bits per heavy atom. The zero-order valence-corrected chi connectivity index (χ0v) is 13.6. The minimum Gasteiger partial charge on any atom is -0.289 e. The van der Waals surface area contributed by atoms with Gasteiger partial charge in [0.05, 0.1) is 5.03 Å². The van der Waals surface area contributed by atoms with Crippen molar-refractivity contribution in [1.29, 1.82) is 0 Å². The number of ketones is 2. The van der Waals surface area contributed by atoms with Crippen LogP contribution in [0.15, 0.2) is 23.2 Å². The number of rotatable bonds is 0. The molecule has 3 rings (SSSR count). The van der Waals surface area contributed by atoms with Gasteiger partial charge in [0, 0.05) is 17.2 Å². The van der Waals surface area contributed by atoms with Gasteiger partial charge in [-0.1, -0.05) is 39.3 Å². The second kappa shape index (κ2) is 4.30. The van der Waals surface area contributed by atoms with E-state index in [1.807, 2.05) is 12.1 Å². The zero-order chi connectivity index (χ0) is 15.6. The van der Waals surface area contributed by atoms with Crippen molar-refractivity contribution >= 4 is 23.2 Å². The molecule has 0 amide bonds. The van der Waals surface area contributed by atoms with Crippen molar-refractivity contribution in [2.75, 3.05) is 0 Å². The highest BCUT2D eigenvalue weighted by molar-refractivity contribution is 6.49. The molecule has 0 aromatic heterocycles. The molecule has 2 aliphatic rings. The highest BCUT2D eigenvalue weighted by atomic mass is 35.5. The second-order valence-electron chi connectivity index (χ2n) is 7.40. The van der Waals surface area contributed by atoms with Crippen LogP contribution in [0.4, 0.5) is 0 Å². The highest BCUT2D eigenvalue weighted by Gasteiger charge is 2.39. The summed E-state index contributed by atoms with van der Waals surface area (Å²) in [5, 5.41) is 0.0142. The van der Waals surface area contributed by atoms with Gasteiger partial charge in [0.1, 0.15) is 0 Å². The summed E-state index contributed by atoms with van der Waals surface area (Å²) in [4.78, 5) is 24.5. The number of allylic oxidation sites excluding steroid dienone is 2. The standard InChI is InChI=1S/C18H19ClO2/c1-17(2)5-6-18(3,4)13-8-11-10(7-12(13)17)15(20)9-14(19)16(11)21/h7-9H,5-6H2,1-4H3. The molecule has 0 fully saturated rings. The van der Waals surface area contributed by atoms with E-state index in [1.54, 1.807) is 0 Å². The molecule has 0 N–H and O–H groups in total. The Labute approximate surface area is 130 Å². The smallest absolute Gasteiger partial charge is 0.205 e. The predicted molar refractivity (Wildman–Crippen MR) is 84.3 cm³/mol. The van der Waals surface area contributed by atoms with Gasteiger partial charge < -0.3 is 0 Å². The molecule has 0 aliphatic heterocycles. The van der Waals surface area contributed by atoms with E-state index in [9.17, 15) is 9.59 Å². The van der Waals surface area contributed by atoms with Crippen molar-refractivity contribution in [3.63, 3.8) is 0 Å². The second-order valence-corrected chi connectivity index (χ2v) is 7.80. The summed E-state index contributed by atoms with van der Waals surface area (Å²) in [6.45, 7) is 8.79. The summed E-state index contributed by atoms with van der Waals surface area (Å²) >= 11 is 5.89. The van der Waals surface area contributed by atoms with Crippen LogP contribution in [-0.2, 0) is 10.8 Å².